The van der Waals surface area contributed by atoms with E-state index in [2.05, 4.69) is 26.6 Å². The topological polar surface area (TPSA) is 340 Å². The molecule has 4 N–H and O–H groups in total. The van der Waals surface area contributed by atoms with Gasteiger partial charge in [-0.1, -0.05) is 40.5 Å². The molecule has 2 atom stereocenters. The number of hydrogen-bond acceptors (Lipinski definition) is 18. The van der Waals surface area contributed by atoms with E-state index >= 15 is 0 Å². The number of fused-ring (bicyclic) bond motifs is 2. The molecular formula is C52H70N10O16S2. The Kier molecular flexibility index (Phi) is 20.1. The average molecular weight is 1160 g/mol. The van der Waals surface area contributed by atoms with Crippen molar-refractivity contribution in [3.8, 4) is 34.3 Å². The van der Waals surface area contributed by atoms with Crippen LogP contribution < -0.4 is 20.6 Å². The number of H-pyrrole nitrogens is 2. The number of benzene rings is 2. The molecule has 0 saturated carbocycles. The Morgan fingerprint density at radius 1 is 0.675 bits per heavy atom. The SMILES string of the molecule is CCCOc1ccc(S(=O)(=O)N2CCC([C@@H](CO[N+](=O)[O-])O[N+](=O)[O-])CC2)cc1-c1nc2c(CCC)cn(C)c2c(=O)[nH]1.CCCOc1ccc(S(=O)(=O)N2CCC([C@H](O)CO)CC2)cc1-c1nc2c(CCC)cn(C)c2c(=O)[nH]1. The molecule has 6 heterocycles. The van der Waals surface area contributed by atoms with Gasteiger partial charge in [0.15, 0.2) is 0 Å². The van der Waals surface area contributed by atoms with Crippen LogP contribution in [0.5, 0.6) is 11.5 Å². The Balaban J connectivity index is 0.000000234. The van der Waals surface area contributed by atoms with Gasteiger partial charge < -0.3 is 48.5 Å². The molecule has 80 heavy (non-hydrogen) atoms. The van der Waals surface area contributed by atoms with E-state index in [4.69, 9.17) is 19.4 Å². The van der Waals surface area contributed by atoms with Crippen molar-refractivity contribution in [1.29, 1.82) is 0 Å². The van der Waals surface area contributed by atoms with Crippen LogP contribution in [-0.2, 0) is 56.7 Å². The third kappa shape index (κ3) is 13.6. The number of aryl methyl sites for hydroxylation is 4. The number of nitrogens with zero attached hydrogens (tertiary/aromatic N) is 8. The minimum atomic E-state index is -4.05. The van der Waals surface area contributed by atoms with E-state index in [1.54, 1.807) is 22.2 Å². The first-order valence-corrected chi connectivity index (χ1v) is 29.6. The summed E-state index contributed by atoms with van der Waals surface area (Å²) in [7, 11) is -4.32. The van der Waals surface area contributed by atoms with Gasteiger partial charge in [-0.2, -0.15) is 8.61 Å². The predicted molar refractivity (Wildman–Crippen MR) is 294 cm³/mol. The minimum Gasteiger partial charge on any atom is -0.493 e. The van der Waals surface area contributed by atoms with Crippen LogP contribution in [0.3, 0.4) is 0 Å². The van der Waals surface area contributed by atoms with E-state index in [0.717, 1.165) is 36.8 Å². The largest absolute Gasteiger partial charge is 0.493 e. The second-order valence-corrected chi connectivity index (χ2v) is 23.8. The fourth-order valence-electron chi connectivity index (χ4n) is 10.2. The summed E-state index contributed by atoms with van der Waals surface area (Å²) in [5.41, 5.74) is 3.93. The van der Waals surface area contributed by atoms with Crippen LogP contribution in [0.15, 0.2) is 68.2 Å². The molecule has 0 radical (unpaired) electrons. The molecule has 0 spiro atoms. The standard InChI is InChI=1S/C26H34N6O10S.C26H36N4O6S/c1-4-6-18-15-29(3)24-23(18)27-25(28-26(24)33)20-14-19(7-8-21(20)40-13-5-2)43(38,39)30-11-9-17(10-12-30)22(42-32(36)37)16-41-31(34)35;1-4-6-18-15-29(3)24-23(18)27-25(28-26(24)33)20-14-19(7-8-22(20)36-13-5-2)37(34,35)30-11-9-17(10-12-30)21(32)16-31/h7-8,14-15,17,22H,4-6,9-13,16H2,1-3H3,(H,27,28,33);7-8,14-15,17,21,31-32H,4-6,9-13,16H2,1-3H3,(H,27,28,33)/t22-;21-/m11/s1. The minimum absolute atomic E-state index is 0.00209. The highest BCUT2D eigenvalue weighted by molar-refractivity contribution is 7.89. The predicted octanol–water partition coefficient (Wildman–Crippen LogP) is 5.28. The van der Waals surface area contributed by atoms with Crippen LogP contribution >= 0.6 is 0 Å². The second-order valence-electron chi connectivity index (χ2n) is 19.9. The molecule has 4 aromatic heterocycles. The van der Waals surface area contributed by atoms with E-state index in [-0.39, 0.29) is 84.1 Å². The van der Waals surface area contributed by atoms with Gasteiger partial charge in [-0.25, -0.2) is 26.8 Å². The van der Waals surface area contributed by atoms with Crippen LogP contribution in [0, 0.1) is 32.1 Å². The first-order valence-electron chi connectivity index (χ1n) is 26.8. The lowest BCUT2D eigenvalue weighted by atomic mass is 9.92. The van der Waals surface area contributed by atoms with Gasteiger partial charge in [0.2, 0.25) is 20.0 Å². The number of aliphatic hydroxyl groups excluding tert-OH is 2. The quantitative estimate of drug-likeness (QED) is 0.0442. The van der Waals surface area contributed by atoms with Crippen LogP contribution in [-0.4, -0.2) is 140 Å². The zero-order chi connectivity index (χ0) is 58.1. The molecule has 6 aromatic rings. The fourth-order valence-corrected chi connectivity index (χ4v) is 13.2. The van der Waals surface area contributed by atoms with Crippen LogP contribution in [0.1, 0.15) is 90.2 Å². The van der Waals surface area contributed by atoms with Crippen molar-refractivity contribution in [3.05, 3.63) is 101 Å². The molecule has 2 aromatic carbocycles. The monoisotopic (exact) mass is 1150 g/mol. The molecule has 2 aliphatic rings. The van der Waals surface area contributed by atoms with Crippen LogP contribution in [0.25, 0.3) is 44.8 Å². The van der Waals surface area contributed by atoms with Crippen molar-refractivity contribution in [2.75, 3.05) is 52.6 Å². The maximum absolute atomic E-state index is 13.7. The van der Waals surface area contributed by atoms with Gasteiger partial charge in [0, 0.05) is 52.7 Å². The highest BCUT2D eigenvalue weighted by atomic mass is 32.2. The third-order valence-electron chi connectivity index (χ3n) is 14.3. The number of aromatic amines is 2. The summed E-state index contributed by atoms with van der Waals surface area (Å²) in [6.45, 7) is 8.29. The molecule has 0 aliphatic carbocycles. The van der Waals surface area contributed by atoms with Crippen molar-refractivity contribution in [2.24, 2.45) is 25.9 Å². The van der Waals surface area contributed by atoms with Crippen LogP contribution in [0.4, 0.5) is 0 Å². The van der Waals surface area contributed by atoms with E-state index in [1.807, 2.05) is 40.2 Å². The van der Waals surface area contributed by atoms with E-state index in [1.165, 1.54) is 38.9 Å². The molecule has 436 valence electrons. The van der Waals surface area contributed by atoms with Gasteiger partial charge in [0.1, 0.15) is 46.9 Å². The Morgan fingerprint density at radius 2 is 1.10 bits per heavy atom. The second kappa shape index (κ2) is 26.5. The number of nitrogens with one attached hydrogen (secondary N) is 2. The maximum Gasteiger partial charge on any atom is 0.294 e. The van der Waals surface area contributed by atoms with Crippen molar-refractivity contribution < 1.29 is 56.4 Å². The van der Waals surface area contributed by atoms with Gasteiger partial charge in [0.25, 0.3) is 21.3 Å². The summed E-state index contributed by atoms with van der Waals surface area (Å²) in [6, 6.07) is 9.01. The Bertz CT molecular complexity index is 3510. The Hall–Kier alpha value is -6.98. The molecule has 2 saturated heterocycles. The van der Waals surface area contributed by atoms with Crippen molar-refractivity contribution >= 4 is 42.1 Å². The van der Waals surface area contributed by atoms with Crippen molar-refractivity contribution in [1.82, 2.24) is 37.7 Å². The number of sulfonamides is 2. The zero-order valence-electron chi connectivity index (χ0n) is 45.7. The molecule has 26 nitrogen and oxygen atoms in total. The molecule has 2 fully saturated rings. The van der Waals surface area contributed by atoms with Gasteiger partial charge in [-0.15, -0.1) is 20.2 Å². The molecule has 2 aliphatic heterocycles. The first-order chi connectivity index (χ1) is 38.2. The summed E-state index contributed by atoms with van der Waals surface area (Å²) in [6.07, 6.45) is 7.62. The summed E-state index contributed by atoms with van der Waals surface area (Å²) in [4.78, 5) is 71.7. The highest BCUT2D eigenvalue weighted by Crippen LogP contribution is 2.36. The first kappa shape index (κ1) is 60.7. The number of piperidine rings is 2. The Morgan fingerprint density at radius 3 is 1.48 bits per heavy atom. The number of rotatable bonds is 24. The fraction of sp³-hybridized carbons (Fsp3) is 0.538. The van der Waals surface area contributed by atoms with E-state index < -0.39 is 55.0 Å². The third-order valence-corrected chi connectivity index (χ3v) is 18.1. The lowest BCUT2D eigenvalue weighted by Crippen LogP contribution is -2.43. The summed E-state index contributed by atoms with van der Waals surface area (Å²) in [5.74, 6) is 0.562. The van der Waals surface area contributed by atoms with Crippen molar-refractivity contribution in [2.45, 2.75) is 114 Å². The van der Waals surface area contributed by atoms with Gasteiger partial charge in [-0.3, -0.25) is 9.59 Å². The van der Waals surface area contributed by atoms with E-state index in [9.17, 15) is 56.9 Å². The molecular weight excluding hydrogens is 1080 g/mol. The number of ether oxygens (including phenoxy) is 2. The average Bonchev–Trinajstić information content (AvgIpc) is 4.02. The molecule has 8 rings (SSSR count). The van der Waals surface area contributed by atoms with Gasteiger partial charge >= 0.3 is 0 Å². The van der Waals surface area contributed by atoms with Gasteiger partial charge in [0.05, 0.1) is 57.9 Å². The van der Waals surface area contributed by atoms with Crippen molar-refractivity contribution in [3.63, 3.8) is 0 Å². The highest BCUT2D eigenvalue weighted by Gasteiger charge is 2.36. The van der Waals surface area contributed by atoms with Crippen LogP contribution in [0.2, 0.25) is 0 Å². The normalized spacial score (nSPS) is 15.8. The summed E-state index contributed by atoms with van der Waals surface area (Å²) >= 11 is 0. The molecule has 0 amide bonds. The molecule has 0 bridgehead atoms. The molecule has 28 heteroatoms. The number of aromatic nitrogens is 6. The summed E-state index contributed by atoms with van der Waals surface area (Å²) < 4.78 is 72.5. The smallest absolute Gasteiger partial charge is 0.294 e. The molecule has 0 unspecified atom stereocenters. The van der Waals surface area contributed by atoms with Gasteiger partial charge in [-0.05, 0) is 111 Å². The maximum atomic E-state index is 13.7. The lowest BCUT2D eigenvalue weighted by Gasteiger charge is -2.34. The number of aliphatic hydroxyl groups is 2. The Labute approximate surface area is 462 Å². The van der Waals surface area contributed by atoms with E-state index in [0.29, 0.717) is 83.6 Å². The zero-order valence-corrected chi connectivity index (χ0v) is 47.3. The number of hydrogen-bond donors (Lipinski definition) is 4. The summed E-state index contributed by atoms with van der Waals surface area (Å²) in [5, 5.41) is 38.5. The lowest BCUT2D eigenvalue weighted by molar-refractivity contribution is -0.791.